The van der Waals surface area contributed by atoms with E-state index in [0.717, 1.165) is 48.6 Å². The van der Waals surface area contributed by atoms with Crippen LogP contribution in [0.15, 0.2) is 42.5 Å². The average Bonchev–Trinajstić information content (AvgIpc) is 2.70. The van der Waals surface area contributed by atoms with Crippen LogP contribution in [0.4, 0.5) is 11.8 Å². The number of aromatic amines is 1. The molecule has 3 rings (SSSR count). The van der Waals surface area contributed by atoms with E-state index in [1.165, 1.54) is 0 Å². The third-order valence-corrected chi connectivity index (χ3v) is 3.99. The first-order chi connectivity index (χ1) is 14.2. The minimum Gasteiger partial charge on any atom is -0.872 e. The number of aromatic nitrogens is 2. The lowest BCUT2D eigenvalue weighted by Crippen LogP contribution is -2.20. The Morgan fingerprint density at radius 3 is 2.27 bits per heavy atom. The zero-order valence-electron chi connectivity index (χ0n) is 16.4. The van der Waals surface area contributed by atoms with E-state index < -0.39 is 11.7 Å². The van der Waals surface area contributed by atoms with E-state index in [0.29, 0.717) is 16.8 Å². The molecule has 0 saturated carbocycles. The maximum Gasteiger partial charge on any atom is 0.342 e. The largest absolute Gasteiger partial charge is 0.872 e. The van der Waals surface area contributed by atoms with Gasteiger partial charge in [0.2, 0.25) is 5.82 Å². The second kappa shape index (κ2) is 11.4. The number of benzene rings is 2. The molecule has 0 aliphatic heterocycles. The highest BCUT2D eigenvalue weighted by Gasteiger charge is 2.15. The number of phenols is 1. The van der Waals surface area contributed by atoms with Crippen LogP contribution in [0.5, 0.6) is 11.5 Å². The number of aromatic hydroxyl groups is 1. The Kier molecular flexibility index (Phi) is 9.34. The Morgan fingerprint density at radius 2 is 1.77 bits per heavy atom. The molecular weight excluding hydrogens is 412 g/mol. The van der Waals surface area contributed by atoms with Crippen molar-refractivity contribution in [2.24, 2.45) is 0 Å². The van der Waals surface area contributed by atoms with Crippen molar-refractivity contribution in [3.8, 4) is 22.6 Å². The van der Waals surface area contributed by atoms with Crippen molar-refractivity contribution < 1.29 is 30.2 Å². The van der Waals surface area contributed by atoms with Gasteiger partial charge in [0.05, 0.1) is 11.1 Å². The van der Waals surface area contributed by atoms with Crippen LogP contribution in [-0.2, 0) is 6.42 Å². The molecule has 0 aliphatic carbocycles. The summed E-state index contributed by atoms with van der Waals surface area (Å²) in [5, 5.41) is 35.5. The molecule has 1 heterocycles. The Balaban J connectivity index is 0.000000300. The van der Waals surface area contributed by atoms with Crippen molar-refractivity contribution in [1.29, 1.82) is 0 Å². The molecule has 1 aromatic heterocycles. The number of aliphatic hydroxyl groups is 1. The number of carboxylic acid groups (broad SMARTS) is 1. The minimum atomic E-state index is -1.28. The molecule has 0 fully saturated rings. The number of nitrogens with two attached hydrogens (primary N) is 2. The SMILES string of the molecule is CCc1nc(N)[nH+]c(N)c1-c1ccc(Cl)cc1.CO.O=C(O)c1ccc(O)cc1[O-]. The molecule has 0 unspecified atom stereocenters. The number of hydrogen-bond donors (Lipinski definition) is 5. The van der Waals surface area contributed by atoms with Crippen molar-refractivity contribution in [1.82, 2.24) is 4.98 Å². The minimum absolute atomic E-state index is 0.222. The maximum atomic E-state index is 10.7. The number of carboxylic acids is 1. The van der Waals surface area contributed by atoms with E-state index in [-0.39, 0.29) is 11.3 Å². The van der Waals surface area contributed by atoms with Gasteiger partial charge in [0.25, 0.3) is 0 Å². The van der Waals surface area contributed by atoms with Gasteiger partial charge in [-0.25, -0.2) is 9.78 Å². The first-order valence-corrected chi connectivity index (χ1v) is 9.01. The molecule has 0 bridgehead atoms. The van der Waals surface area contributed by atoms with E-state index in [2.05, 4.69) is 9.97 Å². The molecule has 0 radical (unpaired) electrons. The third kappa shape index (κ3) is 6.50. The number of H-pyrrole nitrogens is 1. The molecule has 30 heavy (non-hydrogen) atoms. The lowest BCUT2D eigenvalue weighted by atomic mass is 10.0. The van der Waals surface area contributed by atoms with Crippen LogP contribution in [0.25, 0.3) is 11.1 Å². The van der Waals surface area contributed by atoms with Gasteiger partial charge in [-0.3, -0.25) is 0 Å². The quantitative estimate of drug-likeness (QED) is 0.413. The Morgan fingerprint density at radius 1 is 1.17 bits per heavy atom. The fraction of sp³-hybridized carbons (Fsp3) is 0.150. The highest BCUT2D eigenvalue weighted by molar-refractivity contribution is 6.30. The van der Waals surface area contributed by atoms with E-state index in [9.17, 15) is 9.90 Å². The molecule has 0 aliphatic rings. The topological polar surface area (TPSA) is 180 Å². The van der Waals surface area contributed by atoms with Crippen molar-refractivity contribution in [2.75, 3.05) is 18.6 Å². The molecule has 0 spiro atoms. The Hall–Kier alpha value is -3.56. The van der Waals surface area contributed by atoms with Gasteiger partial charge in [-0.15, -0.1) is 4.98 Å². The van der Waals surface area contributed by atoms with Gasteiger partial charge in [-0.05, 0) is 42.3 Å². The Labute approximate surface area is 178 Å². The number of aliphatic hydroxyl groups excluding tert-OH is 1. The van der Waals surface area contributed by atoms with E-state index in [4.69, 9.17) is 38.4 Å². The molecular formula is C20H23ClN4O5. The molecule has 160 valence electrons. The number of nitrogens with one attached hydrogen (secondary N) is 1. The summed E-state index contributed by atoms with van der Waals surface area (Å²) in [6.45, 7) is 2.01. The van der Waals surface area contributed by atoms with Gasteiger partial charge in [0.15, 0.2) is 0 Å². The van der Waals surface area contributed by atoms with Crippen molar-refractivity contribution in [2.45, 2.75) is 13.3 Å². The van der Waals surface area contributed by atoms with E-state index >= 15 is 0 Å². The standard InChI is InChI=1S/C12H13ClN4.C7H6O4.CH4O/c1-2-9-10(11(14)17-12(15)16-9)7-3-5-8(13)6-4-7;8-4-1-2-5(7(10)11)6(9)3-4;1-2/h3-6H,2H2,1H3,(H4,14,15,16,17);1-3,8-9H,(H,10,11);2H,1H3. The third-order valence-electron chi connectivity index (χ3n) is 3.74. The number of nitrogens with zero attached hydrogens (tertiary/aromatic N) is 1. The number of aryl methyl sites for hydroxylation is 1. The Bertz CT molecular complexity index is 997. The van der Waals surface area contributed by atoms with E-state index in [1.807, 2.05) is 31.2 Å². The summed E-state index contributed by atoms with van der Waals surface area (Å²) in [7, 11) is 1.00. The number of halogens is 1. The number of carbonyl (C=O) groups is 1. The first kappa shape index (κ1) is 24.5. The number of anilines is 2. The lowest BCUT2D eigenvalue weighted by Gasteiger charge is -2.08. The van der Waals surface area contributed by atoms with Crippen LogP contribution >= 0.6 is 11.6 Å². The molecule has 9 nitrogen and oxygen atoms in total. The smallest absolute Gasteiger partial charge is 0.342 e. The summed E-state index contributed by atoms with van der Waals surface area (Å²) >= 11 is 5.86. The second-order valence-electron chi connectivity index (χ2n) is 5.70. The first-order valence-electron chi connectivity index (χ1n) is 8.64. The van der Waals surface area contributed by atoms with Crippen molar-refractivity contribution in [3.05, 3.63) is 58.7 Å². The molecule has 0 amide bonds. The van der Waals surface area contributed by atoms with Crippen LogP contribution in [0.3, 0.4) is 0 Å². The number of rotatable bonds is 3. The molecule has 10 heteroatoms. The second-order valence-corrected chi connectivity index (χ2v) is 6.14. The summed E-state index contributed by atoms with van der Waals surface area (Å²) in [4.78, 5) is 17.3. The monoisotopic (exact) mass is 434 g/mol. The zero-order chi connectivity index (χ0) is 22.8. The molecule has 2 aromatic carbocycles. The van der Waals surface area contributed by atoms with Gasteiger partial charge in [0.1, 0.15) is 11.4 Å². The highest BCUT2D eigenvalue weighted by atomic mass is 35.5. The fourth-order valence-electron chi connectivity index (χ4n) is 2.47. The van der Waals surface area contributed by atoms with Crippen LogP contribution in [0.1, 0.15) is 23.0 Å². The predicted octanol–water partition coefficient (Wildman–Crippen LogP) is 1.72. The maximum absolute atomic E-state index is 10.7. The predicted molar refractivity (Wildman–Crippen MR) is 112 cm³/mol. The van der Waals surface area contributed by atoms with Crippen LogP contribution in [0.2, 0.25) is 5.02 Å². The normalized spacial score (nSPS) is 9.60. The van der Waals surface area contributed by atoms with Crippen LogP contribution in [0, 0.1) is 0 Å². The summed E-state index contributed by atoms with van der Waals surface area (Å²) in [6.07, 6.45) is 0.765. The van der Waals surface area contributed by atoms with Gasteiger partial charge in [0, 0.05) is 12.1 Å². The lowest BCUT2D eigenvalue weighted by molar-refractivity contribution is -0.346. The summed E-state index contributed by atoms with van der Waals surface area (Å²) < 4.78 is 0. The van der Waals surface area contributed by atoms with Gasteiger partial charge in [-0.2, -0.15) is 0 Å². The van der Waals surface area contributed by atoms with E-state index in [1.54, 1.807) is 0 Å². The molecule has 3 aromatic rings. The molecule has 8 N–H and O–H groups in total. The van der Waals surface area contributed by atoms with Crippen molar-refractivity contribution >= 4 is 29.3 Å². The number of hydrogen-bond acceptors (Lipinski definition) is 7. The van der Waals surface area contributed by atoms with Crippen molar-refractivity contribution in [3.63, 3.8) is 0 Å². The molecule has 0 saturated heterocycles. The number of nitrogen functional groups attached to an aromatic ring is 2. The molecule has 0 atom stereocenters. The summed E-state index contributed by atoms with van der Waals surface area (Å²) in [6, 6.07) is 10.6. The summed E-state index contributed by atoms with van der Waals surface area (Å²) in [5.74, 6) is -1.33. The zero-order valence-corrected chi connectivity index (χ0v) is 17.1. The highest BCUT2D eigenvalue weighted by Crippen LogP contribution is 2.27. The number of phenolic OH excluding ortho intramolecular Hbond substituents is 1. The summed E-state index contributed by atoms with van der Waals surface area (Å²) in [5.41, 5.74) is 14.0. The number of aromatic carboxylic acids is 1. The van der Waals surface area contributed by atoms with Gasteiger partial charge in [-0.1, -0.05) is 36.4 Å². The van der Waals surface area contributed by atoms with Gasteiger partial charge >= 0.3 is 11.9 Å². The average molecular weight is 435 g/mol. The van der Waals surface area contributed by atoms with Gasteiger partial charge < -0.3 is 31.9 Å². The fourth-order valence-corrected chi connectivity index (χ4v) is 2.59. The van der Waals surface area contributed by atoms with Crippen LogP contribution < -0.4 is 21.6 Å². The van der Waals surface area contributed by atoms with Crippen LogP contribution in [-0.4, -0.2) is 33.4 Å².